The van der Waals surface area contributed by atoms with E-state index >= 15 is 0 Å². The molecule has 0 bridgehead atoms. The van der Waals surface area contributed by atoms with Gasteiger partial charge in [-0.05, 0) is 33.1 Å². The van der Waals surface area contributed by atoms with Gasteiger partial charge >= 0.3 is 7.60 Å². The summed E-state index contributed by atoms with van der Waals surface area (Å²) in [6.07, 6.45) is 22.9. The molecule has 0 heterocycles. The lowest BCUT2D eigenvalue weighted by atomic mass is 9.99. The monoisotopic (exact) mass is 560 g/mol. The number of Topliss-reactive ketones (excluding diaryl/α,β-unsaturated/α-hetero) is 1. The molecule has 0 amide bonds. The summed E-state index contributed by atoms with van der Waals surface area (Å²) in [7, 11) is -3.81. The lowest BCUT2D eigenvalue weighted by Crippen LogP contribution is -2.27. The van der Waals surface area contributed by atoms with E-state index < -0.39 is 19.4 Å². The standard InChI is InChI=1S/C32H65O5P/c1-7-9-11-13-15-17-18-20-22-24-30(36-28(3)4)26-27-31(33)32(37-38(34,35)29(5)6)25-23-21-19-16-14-12-10-8-2/h28-30,32H,7-27H2,1-6H3,(H,34,35). The molecule has 1 N–H and O–H groups in total. The Kier molecular flexibility index (Phi) is 24.4. The van der Waals surface area contributed by atoms with Crippen molar-refractivity contribution < 1.29 is 23.5 Å². The highest BCUT2D eigenvalue weighted by Gasteiger charge is 2.32. The summed E-state index contributed by atoms with van der Waals surface area (Å²) in [6.45, 7) is 11.9. The van der Waals surface area contributed by atoms with Gasteiger partial charge < -0.3 is 9.63 Å². The molecule has 5 nitrogen and oxygen atoms in total. The van der Waals surface area contributed by atoms with Crippen molar-refractivity contribution in [1.82, 2.24) is 0 Å². The zero-order chi connectivity index (χ0) is 28.7. The summed E-state index contributed by atoms with van der Waals surface area (Å²) in [4.78, 5) is 23.5. The molecule has 0 aromatic rings. The number of ether oxygens (including phenoxy) is 1. The predicted molar refractivity (Wildman–Crippen MR) is 163 cm³/mol. The molecule has 0 radical (unpaired) electrons. The number of unbranched alkanes of at least 4 members (excludes halogenated alkanes) is 15. The smallest absolute Gasteiger partial charge is 0.331 e. The Balaban J connectivity index is 4.64. The molecule has 0 aliphatic rings. The van der Waals surface area contributed by atoms with Crippen LogP contribution in [0.4, 0.5) is 0 Å². The second kappa shape index (κ2) is 24.6. The molecule has 38 heavy (non-hydrogen) atoms. The van der Waals surface area contributed by atoms with E-state index in [1.54, 1.807) is 13.8 Å². The first-order chi connectivity index (χ1) is 18.1. The lowest BCUT2D eigenvalue weighted by molar-refractivity contribution is -0.127. The molecule has 0 saturated carbocycles. The Morgan fingerprint density at radius 1 is 0.658 bits per heavy atom. The normalized spacial score (nSPS) is 15.2. The molecule has 0 aromatic heterocycles. The zero-order valence-electron chi connectivity index (χ0n) is 26.2. The summed E-state index contributed by atoms with van der Waals surface area (Å²) >= 11 is 0. The quantitative estimate of drug-likeness (QED) is 0.0761. The molecule has 0 saturated heterocycles. The highest BCUT2D eigenvalue weighted by Crippen LogP contribution is 2.49. The van der Waals surface area contributed by atoms with Crippen LogP contribution in [-0.2, 0) is 18.6 Å². The fourth-order valence-corrected chi connectivity index (χ4v) is 5.68. The van der Waals surface area contributed by atoms with E-state index in [0.717, 1.165) is 32.1 Å². The van der Waals surface area contributed by atoms with Crippen LogP contribution in [0.2, 0.25) is 0 Å². The number of ketones is 1. The van der Waals surface area contributed by atoms with Crippen LogP contribution in [0.1, 0.15) is 176 Å². The van der Waals surface area contributed by atoms with Crippen LogP contribution in [0.25, 0.3) is 0 Å². The van der Waals surface area contributed by atoms with Gasteiger partial charge in [0.15, 0.2) is 5.78 Å². The second-order valence-electron chi connectivity index (χ2n) is 11.9. The summed E-state index contributed by atoms with van der Waals surface area (Å²) in [5.41, 5.74) is -0.514. The van der Waals surface area contributed by atoms with Crippen molar-refractivity contribution in [2.45, 2.75) is 200 Å². The first kappa shape index (κ1) is 37.8. The minimum absolute atomic E-state index is 0.0488. The van der Waals surface area contributed by atoms with Gasteiger partial charge in [0.1, 0.15) is 6.10 Å². The molecule has 0 aliphatic carbocycles. The van der Waals surface area contributed by atoms with Crippen LogP contribution < -0.4 is 0 Å². The van der Waals surface area contributed by atoms with Crippen LogP contribution >= 0.6 is 7.60 Å². The van der Waals surface area contributed by atoms with E-state index in [9.17, 15) is 14.3 Å². The van der Waals surface area contributed by atoms with Gasteiger partial charge in [0, 0.05) is 6.42 Å². The second-order valence-corrected chi connectivity index (χ2v) is 14.3. The number of rotatable bonds is 28. The number of hydrogen-bond donors (Lipinski definition) is 1. The van der Waals surface area contributed by atoms with Gasteiger partial charge in [-0.25, -0.2) is 0 Å². The fraction of sp³-hybridized carbons (Fsp3) is 0.969. The minimum Gasteiger partial charge on any atom is -0.376 e. The van der Waals surface area contributed by atoms with Gasteiger partial charge in [-0.1, -0.05) is 137 Å². The highest BCUT2D eigenvalue weighted by atomic mass is 31.2. The third-order valence-corrected chi connectivity index (χ3v) is 9.28. The lowest BCUT2D eigenvalue weighted by Gasteiger charge is -2.24. The van der Waals surface area contributed by atoms with Crippen molar-refractivity contribution in [3.63, 3.8) is 0 Å². The van der Waals surface area contributed by atoms with Crippen LogP contribution in [0.5, 0.6) is 0 Å². The molecule has 0 aliphatic heterocycles. The Morgan fingerprint density at radius 3 is 1.50 bits per heavy atom. The number of carbonyl (C=O) groups is 1. The summed E-state index contributed by atoms with van der Waals surface area (Å²) < 4.78 is 24.4. The topological polar surface area (TPSA) is 72.8 Å². The van der Waals surface area contributed by atoms with E-state index in [2.05, 4.69) is 13.8 Å². The van der Waals surface area contributed by atoms with Gasteiger partial charge in [-0.15, -0.1) is 0 Å². The van der Waals surface area contributed by atoms with Gasteiger partial charge in [0.25, 0.3) is 0 Å². The van der Waals surface area contributed by atoms with Crippen molar-refractivity contribution in [2.75, 3.05) is 0 Å². The highest BCUT2D eigenvalue weighted by molar-refractivity contribution is 7.53. The Hall–Kier alpha value is -0.220. The van der Waals surface area contributed by atoms with Crippen LogP contribution in [0.3, 0.4) is 0 Å². The van der Waals surface area contributed by atoms with Crippen molar-refractivity contribution in [2.24, 2.45) is 0 Å². The molecule has 0 aromatic carbocycles. The molecule has 0 fully saturated rings. The van der Waals surface area contributed by atoms with E-state index in [-0.39, 0.29) is 18.0 Å². The molecule has 0 spiro atoms. The number of hydrogen-bond acceptors (Lipinski definition) is 4. The largest absolute Gasteiger partial charge is 0.376 e. The zero-order valence-corrected chi connectivity index (χ0v) is 27.1. The average molecular weight is 561 g/mol. The van der Waals surface area contributed by atoms with Crippen LogP contribution in [0, 0.1) is 0 Å². The van der Waals surface area contributed by atoms with E-state index in [1.807, 2.05) is 13.8 Å². The molecular weight excluding hydrogens is 495 g/mol. The maximum Gasteiger partial charge on any atom is 0.331 e. The van der Waals surface area contributed by atoms with Crippen LogP contribution in [-0.4, -0.2) is 34.6 Å². The molecule has 0 rings (SSSR count). The first-order valence-corrected chi connectivity index (χ1v) is 18.0. The molecule has 228 valence electrons. The van der Waals surface area contributed by atoms with E-state index in [0.29, 0.717) is 19.3 Å². The fourth-order valence-electron chi connectivity index (χ4n) is 4.85. The van der Waals surface area contributed by atoms with Crippen molar-refractivity contribution in [3.8, 4) is 0 Å². The minimum atomic E-state index is -3.81. The Morgan fingerprint density at radius 2 is 1.08 bits per heavy atom. The molecule has 3 unspecified atom stereocenters. The van der Waals surface area contributed by atoms with Gasteiger partial charge in [-0.2, -0.15) is 0 Å². The maximum atomic E-state index is 13.2. The van der Waals surface area contributed by atoms with Crippen molar-refractivity contribution >= 4 is 13.4 Å². The van der Waals surface area contributed by atoms with E-state index in [1.165, 1.54) is 83.5 Å². The Labute approximate surface area is 237 Å². The van der Waals surface area contributed by atoms with Crippen molar-refractivity contribution in [3.05, 3.63) is 0 Å². The summed E-state index contributed by atoms with van der Waals surface area (Å²) in [5, 5.41) is 0. The first-order valence-electron chi connectivity index (χ1n) is 16.3. The molecule has 6 heteroatoms. The third-order valence-electron chi connectivity index (χ3n) is 7.42. The maximum absolute atomic E-state index is 13.2. The summed E-state index contributed by atoms with van der Waals surface area (Å²) in [6, 6.07) is 0. The van der Waals surface area contributed by atoms with E-state index in [4.69, 9.17) is 9.26 Å². The van der Waals surface area contributed by atoms with Crippen molar-refractivity contribution in [1.29, 1.82) is 0 Å². The molecular formula is C32H65O5P. The third kappa shape index (κ3) is 21.6. The van der Waals surface area contributed by atoms with Gasteiger partial charge in [0.2, 0.25) is 0 Å². The van der Waals surface area contributed by atoms with Gasteiger partial charge in [0.05, 0.1) is 17.9 Å². The van der Waals surface area contributed by atoms with Crippen LogP contribution in [0.15, 0.2) is 0 Å². The SMILES string of the molecule is CCCCCCCCCCCC(CCC(=O)C(CCCCCCCCCC)OP(=O)(O)C(C)C)OC(C)C. The Bertz CT molecular complexity index is 592. The number of carbonyl (C=O) groups excluding carboxylic acids is 1. The molecule has 3 atom stereocenters. The van der Waals surface area contributed by atoms with Gasteiger partial charge in [-0.3, -0.25) is 13.9 Å². The average Bonchev–Trinajstić information content (AvgIpc) is 2.86. The predicted octanol–water partition coefficient (Wildman–Crippen LogP) is 10.6. The summed E-state index contributed by atoms with van der Waals surface area (Å²) in [5.74, 6) is -0.0488.